The van der Waals surface area contributed by atoms with Crippen molar-refractivity contribution in [3.05, 3.63) is 70.1 Å². The number of aliphatic hydroxyl groups is 1. The van der Waals surface area contributed by atoms with Gasteiger partial charge in [0.15, 0.2) is 17.8 Å². The van der Waals surface area contributed by atoms with Crippen LogP contribution in [0.3, 0.4) is 0 Å². The van der Waals surface area contributed by atoms with Gasteiger partial charge in [0.25, 0.3) is 0 Å². The van der Waals surface area contributed by atoms with E-state index in [0.29, 0.717) is 56.3 Å². The highest BCUT2D eigenvalue weighted by Crippen LogP contribution is 2.47. The Bertz CT molecular complexity index is 1420. The summed E-state index contributed by atoms with van der Waals surface area (Å²) >= 11 is 0. The number of carbonyl (C=O) groups excluding carboxylic acids is 1. The van der Waals surface area contributed by atoms with Crippen LogP contribution in [0.5, 0.6) is 11.5 Å². The molecule has 0 radical (unpaired) electrons. The molecule has 0 saturated carbocycles. The fraction of sp³-hybridized carbons (Fsp3) is 0.357. The van der Waals surface area contributed by atoms with Crippen LogP contribution in [0.25, 0.3) is 16.5 Å². The lowest BCUT2D eigenvalue weighted by Gasteiger charge is -2.36. The first-order valence-electron chi connectivity index (χ1n) is 11.8. The van der Waals surface area contributed by atoms with Gasteiger partial charge in [-0.3, -0.25) is 0 Å². The van der Waals surface area contributed by atoms with E-state index in [1.165, 1.54) is 28.4 Å². The predicted octanol–water partition coefficient (Wildman–Crippen LogP) is 3.73. The van der Waals surface area contributed by atoms with Crippen molar-refractivity contribution in [1.29, 1.82) is 0 Å². The molecule has 10 nitrogen and oxygen atoms in total. The Morgan fingerprint density at radius 3 is 2.29 bits per heavy atom. The van der Waals surface area contributed by atoms with E-state index in [1.54, 1.807) is 26.4 Å². The van der Waals surface area contributed by atoms with Gasteiger partial charge in [-0.25, -0.2) is 9.78 Å². The molecular weight excluding hydrogens is 492 g/mol. The summed E-state index contributed by atoms with van der Waals surface area (Å²) < 4.78 is 32.9. The number of esters is 1. The Morgan fingerprint density at radius 1 is 0.974 bits per heavy atom. The minimum absolute atomic E-state index is 0.198. The van der Waals surface area contributed by atoms with Crippen LogP contribution in [0, 0.1) is 5.41 Å². The minimum Gasteiger partial charge on any atom is -0.500 e. The van der Waals surface area contributed by atoms with Gasteiger partial charge in [0.1, 0.15) is 22.9 Å². The number of allylic oxidation sites excluding steroid dienone is 4. The second kappa shape index (κ2) is 10.4. The van der Waals surface area contributed by atoms with E-state index in [2.05, 4.69) is 5.32 Å². The summed E-state index contributed by atoms with van der Waals surface area (Å²) in [6.07, 6.45) is 2.20. The second-order valence-electron chi connectivity index (χ2n) is 9.13. The number of rotatable bonds is 8. The van der Waals surface area contributed by atoms with Crippen molar-refractivity contribution < 1.29 is 38.3 Å². The number of hydrogen-bond acceptors (Lipinski definition) is 10. The number of carbonyl (C=O) groups is 1. The van der Waals surface area contributed by atoms with Gasteiger partial charge < -0.3 is 38.8 Å². The molecule has 2 aromatic rings. The summed E-state index contributed by atoms with van der Waals surface area (Å²) in [5.74, 6) is 1.59. The molecule has 0 amide bonds. The first-order chi connectivity index (χ1) is 18.2. The number of ether oxygens (including phenoxy) is 6. The van der Waals surface area contributed by atoms with E-state index in [4.69, 9.17) is 33.4 Å². The molecule has 202 valence electrons. The summed E-state index contributed by atoms with van der Waals surface area (Å²) in [4.78, 5) is 17.5. The fourth-order valence-corrected chi connectivity index (χ4v) is 4.90. The maximum absolute atomic E-state index is 12.7. The highest BCUT2D eigenvalue weighted by molar-refractivity contribution is 5.97. The molecule has 10 heteroatoms. The lowest BCUT2D eigenvalue weighted by Crippen LogP contribution is -2.31. The monoisotopic (exact) mass is 524 g/mol. The Hall–Kier alpha value is -4.02. The molecule has 38 heavy (non-hydrogen) atoms. The number of methoxy groups -OCH3 is 6. The molecule has 1 atom stereocenters. The van der Waals surface area contributed by atoms with Gasteiger partial charge in [-0.1, -0.05) is 6.07 Å². The zero-order valence-electron chi connectivity index (χ0n) is 22.7. The van der Waals surface area contributed by atoms with Crippen LogP contribution >= 0.6 is 0 Å². The Kier molecular flexibility index (Phi) is 7.39. The largest absolute Gasteiger partial charge is 0.500 e. The third-order valence-corrected chi connectivity index (χ3v) is 6.72. The summed E-state index contributed by atoms with van der Waals surface area (Å²) in [6.45, 7) is 3.94. The molecule has 1 aliphatic heterocycles. The van der Waals surface area contributed by atoms with Crippen LogP contribution in [0.1, 0.15) is 31.5 Å². The Balaban J connectivity index is 2.09. The lowest BCUT2D eigenvalue weighted by atomic mass is 9.77. The number of nitrogens with zero attached hydrogens (tertiary/aromatic N) is 1. The zero-order valence-corrected chi connectivity index (χ0v) is 22.7. The van der Waals surface area contributed by atoms with Crippen LogP contribution < -0.4 is 14.8 Å². The number of pyridine rings is 1. The first-order valence-corrected chi connectivity index (χ1v) is 11.8. The molecule has 4 rings (SSSR count). The SMILES string of the molecule is COC(=O)C1=CC2=C(OC)C(C)(C)C(OC)=CC2=C(c2cc3ccc(OC)c(OC)c3c(C(O)OC)n2)N1. The van der Waals surface area contributed by atoms with Crippen molar-refractivity contribution in [2.45, 2.75) is 20.1 Å². The Labute approximate surface area is 221 Å². The number of hydrogen-bond donors (Lipinski definition) is 2. The summed E-state index contributed by atoms with van der Waals surface area (Å²) in [5, 5.41) is 15.2. The highest BCUT2D eigenvalue weighted by atomic mass is 16.6. The average molecular weight is 525 g/mol. The van der Waals surface area contributed by atoms with E-state index >= 15 is 0 Å². The molecule has 0 saturated heterocycles. The van der Waals surface area contributed by atoms with Crippen LogP contribution in [0.2, 0.25) is 0 Å². The first kappa shape index (κ1) is 27.0. The molecule has 0 fully saturated rings. The molecule has 2 N–H and O–H groups in total. The molecular formula is C28H32N2O8. The summed E-state index contributed by atoms with van der Waals surface area (Å²) in [7, 11) is 8.90. The molecule has 1 unspecified atom stereocenters. The smallest absolute Gasteiger partial charge is 0.354 e. The van der Waals surface area contributed by atoms with Crippen molar-refractivity contribution >= 4 is 22.4 Å². The fourth-order valence-electron chi connectivity index (χ4n) is 4.90. The molecule has 0 bridgehead atoms. The van der Waals surface area contributed by atoms with Gasteiger partial charge in [-0.2, -0.15) is 0 Å². The number of fused-ring (bicyclic) bond motifs is 2. The lowest BCUT2D eigenvalue weighted by molar-refractivity contribution is -0.136. The van der Waals surface area contributed by atoms with Gasteiger partial charge in [0.05, 0.1) is 57.7 Å². The molecule has 1 aliphatic carbocycles. The van der Waals surface area contributed by atoms with Crippen LogP contribution in [0.15, 0.2) is 58.7 Å². The number of aromatic nitrogens is 1. The normalized spacial score (nSPS) is 17.2. The van der Waals surface area contributed by atoms with Crippen LogP contribution in [-0.2, 0) is 23.7 Å². The number of nitrogens with one attached hydrogen (secondary N) is 1. The number of benzene rings is 1. The highest BCUT2D eigenvalue weighted by Gasteiger charge is 2.40. The molecule has 0 spiro atoms. The topological polar surface area (TPSA) is 118 Å². The van der Waals surface area contributed by atoms with Crippen LogP contribution in [0.4, 0.5) is 0 Å². The van der Waals surface area contributed by atoms with E-state index in [-0.39, 0.29) is 11.4 Å². The summed E-state index contributed by atoms with van der Waals surface area (Å²) in [6, 6.07) is 5.42. The maximum atomic E-state index is 12.7. The number of dihydropyridines is 1. The average Bonchev–Trinajstić information content (AvgIpc) is 2.93. The van der Waals surface area contributed by atoms with E-state index in [0.717, 1.165) is 0 Å². The number of aliphatic hydroxyl groups excluding tert-OH is 1. The minimum atomic E-state index is -1.37. The van der Waals surface area contributed by atoms with Gasteiger partial charge in [0, 0.05) is 18.3 Å². The van der Waals surface area contributed by atoms with Crippen molar-refractivity contribution in [3.63, 3.8) is 0 Å². The zero-order chi connectivity index (χ0) is 27.8. The molecule has 2 heterocycles. The second-order valence-corrected chi connectivity index (χ2v) is 9.13. The van der Waals surface area contributed by atoms with Crippen molar-refractivity contribution in [3.8, 4) is 11.5 Å². The molecule has 1 aromatic carbocycles. The van der Waals surface area contributed by atoms with Gasteiger partial charge >= 0.3 is 5.97 Å². The standard InChI is InChI=1S/C28H32N2O8/c1-28(2)20(34-4)13-15-16(25(28)36-6)12-18(26(31)37-7)30-22(15)17-11-14-9-10-19(33-3)24(35-5)21(14)23(29-17)27(32)38-8/h9-13,27,30,32H,1-8H3. The maximum Gasteiger partial charge on any atom is 0.354 e. The van der Waals surface area contributed by atoms with E-state index in [9.17, 15) is 9.90 Å². The Morgan fingerprint density at radius 2 is 1.71 bits per heavy atom. The molecule has 2 aliphatic rings. The molecule has 1 aromatic heterocycles. The van der Waals surface area contributed by atoms with Crippen molar-refractivity contribution in [1.82, 2.24) is 10.3 Å². The van der Waals surface area contributed by atoms with Crippen molar-refractivity contribution in [2.75, 3.05) is 42.7 Å². The van der Waals surface area contributed by atoms with Gasteiger partial charge in [0.2, 0.25) is 0 Å². The summed E-state index contributed by atoms with van der Waals surface area (Å²) in [5.41, 5.74) is 2.09. The van der Waals surface area contributed by atoms with Gasteiger partial charge in [-0.05, 0) is 43.5 Å². The van der Waals surface area contributed by atoms with Crippen molar-refractivity contribution in [2.24, 2.45) is 5.41 Å². The van der Waals surface area contributed by atoms with E-state index < -0.39 is 17.7 Å². The third-order valence-electron chi connectivity index (χ3n) is 6.72. The van der Waals surface area contributed by atoms with Crippen LogP contribution in [-0.4, -0.2) is 58.7 Å². The quantitative estimate of drug-likeness (QED) is 0.391. The van der Waals surface area contributed by atoms with E-state index in [1.807, 2.05) is 32.1 Å². The predicted molar refractivity (Wildman–Crippen MR) is 140 cm³/mol. The third kappa shape index (κ3) is 4.25. The van der Waals surface area contributed by atoms with Gasteiger partial charge in [-0.15, -0.1) is 0 Å².